The normalized spacial score (nSPS) is 24.1. The molecule has 4 rings (SSSR count). The fraction of sp³-hybridized carbons (Fsp3) is 0.444. The van der Waals surface area contributed by atoms with Crippen molar-refractivity contribution in [1.29, 1.82) is 0 Å². The second-order valence-corrected chi connectivity index (χ2v) is 7.50. The van der Waals surface area contributed by atoms with Crippen LogP contribution in [0.5, 0.6) is 0 Å². The minimum Gasteiger partial charge on any atom is -0.305 e. The third kappa shape index (κ3) is 2.54. The number of thiophene rings is 1. The van der Waals surface area contributed by atoms with E-state index in [0.29, 0.717) is 0 Å². The van der Waals surface area contributed by atoms with Crippen LogP contribution in [0.1, 0.15) is 24.8 Å². The number of fused-ring (bicyclic) bond motifs is 3. The van der Waals surface area contributed by atoms with E-state index >= 15 is 0 Å². The Balaban J connectivity index is 0.00000132. The van der Waals surface area contributed by atoms with Crippen LogP contribution in [0.3, 0.4) is 0 Å². The van der Waals surface area contributed by atoms with Crippen LogP contribution in [0.2, 0.25) is 0 Å². The van der Waals surface area contributed by atoms with Crippen molar-refractivity contribution in [3.63, 3.8) is 0 Å². The third-order valence-electron chi connectivity index (χ3n) is 4.93. The van der Waals surface area contributed by atoms with E-state index in [9.17, 15) is 0 Å². The molecule has 1 saturated carbocycles. The van der Waals surface area contributed by atoms with Crippen molar-refractivity contribution in [2.45, 2.75) is 19.3 Å². The molecule has 0 radical (unpaired) electrons. The predicted molar refractivity (Wildman–Crippen MR) is 95.4 cm³/mol. The molecule has 0 amide bonds. The molecule has 1 aromatic heterocycles. The van der Waals surface area contributed by atoms with Gasteiger partial charge >= 0.3 is 0 Å². The molecule has 0 N–H and O–H groups in total. The van der Waals surface area contributed by atoms with E-state index in [4.69, 9.17) is 0 Å². The Morgan fingerprint density at radius 2 is 1.95 bits per heavy atom. The highest BCUT2D eigenvalue weighted by Crippen LogP contribution is 2.52. The summed E-state index contributed by atoms with van der Waals surface area (Å²) in [5.74, 6) is 1.68. The lowest BCUT2D eigenvalue weighted by atomic mass is 9.87. The van der Waals surface area contributed by atoms with Gasteiger partial charge in [0.1, 0.15) is 0 Å². The fourth-order valence-corrected chi connectivity index (χ4v) is 4.92. The first-order valence-corrected chi connectivity index (χ1v) is 8.45. The van der Waals surface area contributed by atoms with Crippen LogP contribution < -0.4 is 0 Å². The summed E-state index contributed by atoms with van der Waals surface area (Å²) in [6.45, 7) is 1.14. The lowest BCUT2D eigenvalue weighted by Crippen LogP contribution is -2.19. The van der Waals surface area contributed by atoms with Gasteiger partial charge in [-0.2, -0.15) is 0 Å². The molecule has 2 atom stereocenters. The zero-order valence-corrected chi connectivity index (χ0v) is 14.3. The summed E-state index contributed by atoms with van der Waals surface area (Å²) < 4.78 is 1.41. The zero-order valence-electron chi connectivity index (χ0n) is 12.6. The van der Waals surface area contributed by atoms with Gasteiger partial charge in [-0.05, 0) is 90.9 Å². The molecule has 1 fully saturated rings. The molecule has 0 aliphatic heterocycles. The van der Waals surface area contributed by atoms with Crippen LogP contribution in [0, 0.1) is 11.8 Å². The van der Waals surface area contributed by atoms with Crippen LogP contribution in [0.25, 0.3) is 15.7 Å². The van der Waals surface area contributed by atoms with Gasteiger partial charge in [0.2, 0.25) is 0 Å². The van der Waals surface area contributed by atoms with E-state index in [-0.39, 0.29) is 12.4 Å². The molecule has 2 aromatic rings. The van der Waals surface area contributed by atoms with E-state index in [1.165, 1.54) is 34.9 Å². The van der Waals surface area contributed by atoms with Crippen LogP contribution in [-0.4, -0.2) is 25.5 Å². The number of rotatable bonds is 3. The van der Waals surface area contributed by atoms with Gasteiger partial charge < -0.3 is 4.90 Å². The summed E-state index contributed by atoms with van der Waals surface area (Å²) in [5.41, 5.74) is 4.89. The standard InChI is InChI=1S/C18H21NS.ClH/c1-19(2)11-16-12-3-4-14(9-12)18(16)15-5-6-17-13(10-15)7-8-20-17;/h5-8,10,12,14H,3-4,9,11H2,1-2H3;1H/t12-,14+;/m1./s1. The first kappa shape index (κ1) is 15.1. The van der Waals surface area contributed by atoms with Crippen molar-refractivity contribution < 1.29 is 0 Å². The van der Waals surface area contributed by atoms with Crippen molar-refractivity contribution in [2.75, 3.05) is 20.6 Å². The molecule has 112 valence electrons. The van der Waals surface area contributed by atoms with Gasteiger partial charge in [0.15, 0.2) is 0 Å². The van der Waals surface area contributed by atoms with Crippen molar-refractivity contribution in [1.82, 2.24) is 4.90 Å². The van der Waals surface area contributed by atoms with E-state index in [1.807, 2.05) is 11.3 Å². The Morgan fingerprint density at radius 3 is 2.76 bits per heavy atom. The Morgan fingerprint density at radius 1 is 1.14 bits per heavy atom. The Labute approximate surface area is 137 Å². The van der Waals surface area contributed by atoms with Crippen molar-refractivity contribution in [3.8, 4) is 0 Å². The molecule has 1 heterocycles. The fourth-order valence-electron chi connectivity index (χ4n) is 4.15. The molecule has 2 bridgehead atoms. The van der Waals surface area contributed by atoms with E-state index < -0.39 is 0 Å². The molecular weight excluding hydrogens is 298 g/mol. The number of likely N-dealkylation sites (N-methyl/N-ethyl adjacent to an activating group) is 1. The average molecular weight is 320 g/mol. The Kier molecular flexibility index (Phi) is 4.13. The minimum absolute atomic E-state index is 0. The maximum absolute atomic E-state index is 2.41. The number of hydrogen-bond donors (Lipinski definition) is 0. The molecule has 2 aliphatic rings. The highest BCUT2D eigenvalue weighted by Gasteiger charge is 2.39. The summed E-state index contributed by atoms with van der Waals surface area (Å²) in [5, 5.41) is 3.61. The lowest BCUT2D eigenvalue weighted by Gasteiger charge is -2.23. The number of allylic oxidation sites excluding steroid dienone is 1. The second kappa shape index (κ2) is 5.75. The maximum Gasteiger partial charge on any atom is 0.0343 e. The Hall–Kier alpha value is -0.830. The second-order valence-electron chi connectivity index (χ2n) is 6.56. The first-order chi connectivity index (χ1) is 9.72. The van der Waals surface area contributed by atoms with Crippen molar-refractivity contribution >= 4 is 39.4 Å². The Bertz CT molecular complexity index is 685. The summed E-state index contributed by atoms with van der Waals surface area (Å²) in [7, 11) is 4.39. The van der Waals surface area contributed by atoms with Crippen molar-refractivity contribution in [3.05, 3.63) is 40.8 Å². The lowest BCUT2D eigenvalue weighted by molar-refractivity contribution is 0.423. The van der Waals surface area contributed by atoms with Gasteiger partial charge in [-0.1, -0.05) is 6.07 Å². The highest BCUT2D eigenvalue weighted by atomic mass is 35.5. The summed E-state index contributed by atoms with van der Waals surface area (Å²) in [4.78, 5) is 2.33. The number of benzene rings is 1. The van der Waals surface area contributed by atoms with Gasteiger partial charge in [-0.25, -0.2) is 0 Å². The zero-order chi connectivity index (χ0) is 13.7. The van der Waals surface area contributed by atoms with Gasteiger partial charge in [0.25, 0.3) is 0 Å². The van der Waals surface area contributed by atoms with Gasteiger partial charge in [0.05, 0.1) is 0 Å². The predicted octanol–water partition coefficient (Wildman–Crippen LogP) is 5.07. The summed E-state index contributed by atoms with van der Waals surface area (Å²) in [6, 6.07) is 9.33. The molecule has 3 heteroatoms. The summed E-state index contributed by atoms with van der Waals surface area (Å²) >= 11 is 1.84. The quantitative estimate of drug-likeness (QED) is 0.763. The smallest absolute Gasteiger partial charge is 0.0343 e. The van der Waals surface area contributed by atoms with Crippen LogP contribution >= 0.6 is 23.7 Å². The highest BCUT2D eigenvalue weighted by molar-refractivity contribution is 7.17. The molecule has 21 heavy (non-hydrogen) atoms. The maximum atomic E-state index is 2.41. The molecule has 1 nitrogen and oxygen atoms in total. The largest absolute Gasteiger partial charge is 0.305 e. The molecule has 0 spiro atoms. The van der Waals surface area contributed by atoms with Crippen LogP contribution in [0.4, 0.5) is 0 Å². The molecule has 0 saturated heterocycles. The average Bonchev–Trinajstić information content (AvgIpc) is 3.12. The van der Waals surface area contributed by atoms with Gasteiger partial charge in [-0.15, -0.1) is 23.7 Å². The first-order valence-electron chi connectivity index (χ1n) is 7.57. The van der Waals surface area contributed by atoms with E-state index in [2.05, 4.69) is 48.6 Å². The number of hydrogen-bond acceptors (Lipinski definition) is 2. The number of nitrogens with zero attached hydrogens (tertiary/aromatic N) is 1. The van der Waals surface area contributed by atoms with Crippen molar-refractivity contribution in [2.24, 2.45) is 11.8 Å². The number of halogens is 1. The monoisotopic (exact) mass is 319 g/mol. The molecule has 2 aliphatic carbocycles. The van der Waals surface area contributed by atoms with E-state index in [1.54, 1.807) is 11.1 Å². The van der Waals surface area contributed by atoms with Gasteiger partial charge in [0, 0.05) is 11.2 Å². The molecular formula is C18H22ClNS. The minimum atomic E-state index is 0. The molecule has 0 unspecified atom stereocenters. The van der Waals surface area contributed by atoms with Crippen LogP contribution in [-0.2, 0) is 0 Å². The SMILES string of the molecule is CN(C)CC1=C(c2ccc3sccc3c2)[C@H]2CC[C@@H]1C2.Cl. The summed E-state index contributed by atoms with van der Waals surface area (Å²) in [6.07, 6.45) is 4.22. The topological polar surface area (TPSA) is 3.24 Å². The van der Waals surface area contributed by atoms with Crippen LogP contribution in [0.15, 0.2) is 35.2 Å². The van der Waals surface area contributed by atoms with E-state index in [0.717, 1.165) is 18.4 Å². The third-order valence-corrected chi connectivity index (χ3v) is 5.83. The molecule has 1 aromatic carbocycles. The van der Waals surface area contributed by atoms with Gasteiger partial charge in [-0.3, -0.25) is 0 Å².